The van der Waals surface area contributed by atoms with Gasteiger partial charge in [-0.3, -0.25) is 0 Å². The Labute approximate surface area is 165 Å². The fourth-order valence-corrected chi connectivity index (χ4v) is 5.50. The molecule has 2 aromatic heterocycles. The van der Waals surface area contributed by atoms with Crippen LogP contribution < -0.4 is 9.46 Å². The average molecular weight is 424 g/mol. The van der Waals surface area contributed by atoms with Gasteiger partial charge in [0.15, 0.2) is 0 Å². The van der Waals surface area contributed by atoms with E-state index in [2.05, 4.69) is 9.46 Å². The van der Waals surface area contributed by atoms with Crippen LogP contribution in [0.5, 0.6) is 5.75 Å². The Morgan fingerprint density at radius 1 is 1.15 bits per heavy atom. The van der Waals surface area contributed by atoms with E-state index in [1.54, 1.807) is 0 Å². The number of ether oxygens (including phenoxy) is 2. The van der Waals surface area contributed by atoms with Gasteiger partial charge in [0, 0.05) is 4.88 Å². The fraction of sp³-hybridized carbons (Fsp3) is 0.167. The van der Waals surface area contributed by atoms with E-state index >= 15 is 0 Å². The van der Waals surface area contributed by atoms with E-state index in [0.717, 1.165) is 10.4 Å². The topological polar surface area (TPSA) is 81.7 Å². The Kier molecular flexibility index (Phi) is 5.95. The lowest BCUT2D eigenvalue weighted by atomic mass is 10.1. The molecular formula is C18H17NO5S3. The Bertz CT molecular complexity index is 977. The number of thiophene rings is 2. The second kappa shape index (κ2) is 8.22. The summed E-state index contributed by atoms with van der Waals surface area (Å²) in [5.41, 5.74) is 0.969. The van der Waals surface area contributed by atoms with Crippen LogP contribution >= 0.6 is 22.7 Å². The van der Waals surface area contributed by atoms with Crippen LogP contribution in [-0.4, -0.2) is 28.6 Å². The minimum absolute atomic E-state index is 0.121. The Morgan fingerprint density at radius 3 is 2.56 bits per heavy atom. The second-order valence-electron chi connectivity index (χ2n) is 5.48. The molecule has 1 atom stereocenters. The molecule has 0 aliphatic carbocycles. The summed E-state index contributed by atoms with van der Waals surface area (Å²) in [6.07, 6.45) is 0. The van der Waals surface area contributed by atoms with E-state index in [1.807, 2.05) is 34.3 Å². The molecule has 3 rings (SSSR count). The van der Waals surface area contributed by atoms with E-state index in [-0.39, 0.29) is 16.2 Å². The minimum atomic E-state index is -3.99. The molecule has 0 bridgehead atoms. The standard InChI is InChI=1S/C18H17NO5S3/c1-23-14-6-5-12(18(20)24-2)10-16(14)27(21,22)19-17(13-7-9-25-11-13)15-4-3-8-26-15/h3-11,17,19H,1-2H3/t17-/m1/s1. The Morgan fingerprint density at radius 2 is 1.96 bits per heavy atom. The summed E-state index contributed by atoms with van der Waals surface area (Å²) in [6.45, 7) is 0. The highest BCUT2D eigenvalue weighted by atomic mass is 32.2. The maximum atomic E-state index is 13.1. The maximum absolute atomic E-state index is 13.1. The van der Waals surface area contributed by atoms with Gasteiger partial charge in [0.1, 0.15) is 10.6 Å². The van der Waals surface area contributed by atoms with Gasteiger partial charge < -0.3 is 9.47 Å². The first kappa shape index (κ1) is 19.6. The molecule has 1 N–H and O–H groups in total. The molecule has 0 aliphatic rings. The molecule has 0 saturated heterocycles. The number of hydrogen-bond acceptors (Lipinski definition) is 7. The van der Waals surface area contributed by atoms with Crippen LogP contribution in [-0.2, 0) is 14.8 Å². The highest BCUT2D eigenvalue weighted by molar-refractivity contribution is 7.89. The van der Waals surface area contributed by atoms with Crippen LogP contribution in [0, 0.1) is 0 Å². The van der Waals surface area contributed by atoms with Crippen LogP contribution in [0.2, 0.25) is 0 Å². The number of benzene rings is 1. The number of esters is 1. The quantitative estimate of drug-likeness (QED) is 0.587. The average Bonchev–Trinajstić information content (AvgIpc) is 3.39. The number of nitrogens with one attached hydrogen (secondary N) is 1. The lowest BCUT2D eigenvalue weighted by Crippen LogP contribution is -2.29. The first-order valence-electron chi connectivity index (χ1n) is 7.80. The second-order valence-corrected chi connectivity index (χ2v) is 8.93. The SMILES string of the molecule is COC(=O)c1ccc(OC)c(S(=O)(=O)N[C@H](c2ccsc2)c2cccs2)c1. The predicted octanol–water partition coefficient (Wildman–Crippen LogP) is 3.67. The summed E-state index contributed by atoms with van der Waals surface area (Å²) in [5.74, 6) is -0.479. The fourth-order valence-electron chi connectivity index (χ4n) is 2.54. The van der Waals surface area contributed by atoms with Gasteiger partial charge in [-0.25, -0.2) is 13.2 Å². The van der Waals surface area contributed by atoms with Crippen LogP contribution in [0.3, 0.4) is 0 Å². The van der Waals surface area contributed by atoms with Crippen molar-refractivity contribution in [1.82, 2.24) is 4.72 Å². The van der Waals surface area contributed by atoms with Gasteiger partial charge >= 0.3 is 5.97 Å². The smallest absolute Gasteiger partial charge is 0.337 e. The van der Waals surface area contributed by atoms with E-state index in [0.29, 0.717) is 0 Å². The van der Waals surface area contributed by atoms with Gasteiger partial charge in [-0.2, -0.15) is 16.1 Å². The van der Waals surface area contributed by atoms with Crippen LogP contribution in [0.4, 0.5) is 0 Å². The predicted molar refractivity (Wildman–Crippen MR) is 105 cm³/mol. The molecule has 1 aromatic carbocycles. The minimum Gasteiger partial charge on any atom is -0.495 e. The first-order chi connectivity index (χ1) is 13.0. The van der Waals surface area contributed by atoms with E-state index in [4.69, 9.17) is 4.74 Å². The van der Waals surface area contributed by atoms with Crippen molar-refractivity contribution in [1.29, 1.82) is 0 Å². The van der Waals surface area contributed by atoms with Crippen LogP contribution in [0.1, 0.15) is 26.8 Å². The molecule has 0 fully saturated rings. The van der Waals surface area contributed by atoms with Crippen molar-refractivity contribution in [2.75, 3.05) is 14.2 Å². The van der Waals surface area contributed by atoms with Crippen molar-refractivity contribution >= 4 is 38.7 Å². The molecule has 0 aliphatic heterocycles. The van der Waals surface area contributed by atoms with Gasteiger partial charge in [-0.05, 0) is 52.0 Å². The van der Waals surface area contributed by atoms with Crippen molar-refractivity contribution in [3.05, 3.63) is 68.5 Å². The monoisotopic (exact) mass is 423 g/mol. The van der Waals surface area contributed by atoms with Gasteiger partial charge in [0.2, 0.25) is 10.0 Å². The van der Waals surface area contributed by atoms with Crippen LogP contribution in [0.15, 0.2) is 57.4 Å². The van der Waals surface area contributed by atoms with E-state index < -0.39 is 22.0 Å². The molecule has 0 saturated carbocycles. The van der Waals surface area contributed by atoms with E-state index in [9.17, 15) is 13.2 Å². The molecule has 27 heavy (non-hydrogen) atoms. The van der Waals surface area contributed by atoms with Crippen molar-refractivity contribution in [3.63, 3.8) is 0 Å². The van der Waals surface area contributed by atoms with Crippen molar-refractivity contribution in [2.24, 2.45) is 0 Å². The lowest BCUT2D eigenvalue weighted by Gasteiger charge is -2.18. The maximum Gasteiger partial charge on any atom is 0.337 e. The third-order valence-corrected chi connectivity index (χ3v) is 6.93. The third-order valence-electron chi connectivity index (χ3n) is 3.85. The molecule has 0 radical (unpaired) electrons. The number of hydrogen-bond donors (Lipinski definition) is 1. The zero-order chi connectivity index (χ0) is 19.4. The van der Waals surface area contributed by atoms with Gasteiger partial charge in [-0.15, -0.1) is 11.3 Å². The lowest BCUT2D eigenvalue weighted by molar-refractivity contribution is 0.0600. The number of carbonyl (C=O) groups excluding carboxylic acids is 1. The third kappa shape index (κ3) is 4.22. The summed E-state index contributed by atoms with van der Waals surface area (Å²) in [5, 5.41) is 5.68. The summed E-state index contributed by atoms with van der Waals surface area (Å²) in [7, 11) is -1.37. The highest BCUT2D eigenvalue weighted by Crippen LogP contribution is 2.32. The molecular weight excluding hydrogens is 406 g/mol. The molecule has 0 spiro atoms. The van der Waals surface area contributed by atoms with Crippen LogP contribution in [0.25, 0.3) is 0 Å². The molecule has 0 amide bonds. The normalized spacial score (nSPS) is 12.5. The molecule has 2 heterocycles. The number of methoxy groups -OCH3 is 2. The van der Waals surface area contributed by atoms with Crippen molar-refractivity contribution in [3.8, 4) is 5.75 Å². The highest BCUT2D eigenvalue weighted by Gasteiger charge is 2.27. The molecule has 142 valence electrons. The van der Waals surface area contributed by atoms with Gasteiger partial charge in [0.05, 0.1) is 25.8 Å². The van der Waals surface area contributed by atoms with Crippen molar-refractivity contribution in [2.45, 2.75) is 10.9 Å². The summed E-state index contributed by atoms with van der Waals surface area (Å²) in [4.78, 5) is 12.6. The zero-order valence-corrected chi connectivity index (χ0v) is 17.0. The summed E-state index contributed by atoms with van der Waals surface area (Å²) in [6, 6.07) is 9.23. The zero-order valence-electron chi connectivity index (χ0n) is 14.5. The number of sulfonamides is 1. The number of carbonyl (C=O) groups is 1. The molecule has 3 aromatic rings. The van der Waals surface area contributed by atoms with Crippen molar-refractivity contribution < 1.29 is 22.7 Å². The summed E-state index contributed by atoms with van der Waals surface area (Å²) < 4.78 is 38.9. The molecule has 0 unspecified atom stereocenters. The number of rotatable bonds is 7. The first-order valence-corrected chi connectivity index (χ1v) is 11.1. The largest absolute Gasteiger partial charge is 0.495 e. The van der Waals surface area contributed by atoms with Gasteiger partial charge in [0.25, 0.3) is 0 Å². The van der Waals surface area contributed by atoms with Gasteiger partial charge in [-0.1, -0.05) is 6.07 Å². The Balaban J connectivity index is 2.04. The summed E-state index contributed by atoms with van der Waals surface area (Å²) >= 11 is 2.95. The molecule has 9 heteroatoms. The van der Waals surface area contributed by atoms with E-state index in [1.165, 1.54) is 55.1 Å². The molecule has 6 nitrogen and oxygen atoms in total. The Hall–Kier alpha value is -2.20.